The van der Waals surface area contributed by atoms with E-state index in [0.29, 0.717) is 27.0 Å². The van der Waals surface area contributed by atoms with Gasteiger partial charge in [-0.15, -0.1) is 0 Å². The molecule has 94 valence electrons. The fourth-order valence-corrected chi connectivity index (χ4v) is 1.69. The molecule has 1 heterocycles. The summed E-state index contributed by atoms with van der Waals surface area (Å²) in [4.78, 5) is 3.72. The Balaban J connectivity index is 2.13. The van der Waals surface area contributed by atoms with E-state index in [0.717, 1.165) is 6.20 Å². The molecule has 0 aliphatic heterocycles. The van der Waals surface area contributed by atoms with E-state index in [1.165, 1.54) is 24.4 Å². The molecule has 0 amide bonds. The Morgan fingerprint density at radius 2 is 1.89 bits per heavy atom. The zero-order valence-electron chi connectivity index (χ0n) is 9.16. The van der Waals surface area contributed by atoms with E-state index in [4.69, 9.17) is 33.7 Å². The van der Waals surface area contributed by atoms with Gasteiger partial charge in [0, 0.05) is 17.8 Å². The minimum Gasteiger partial charge on any atom is -0.487 e. The molecule has 0 bridgehead atoms. The number of anilines is 1. The summed E-state index contributed by atoms with van der Waals surface area (Å²) >= 11 is 11.6. The molecule has 0 atom stereocenters. The average Bonchev–Trinajstić information content (AvgIpc) is 2.32. The number of nitrogen functional groups attached to an aromatic ring is 1. The molecular formula is C12H9Cl2FN2O. The first kappa shape index (κ1) is 12.9. The maximum absolute atomic E-state index is 12.9. The molecule has 0 spiro atoms. The van der Waals surface area contributed by atoms with E-state index in [1.807, 2.05) is 0 Å². The predicted octanol–water partition coefficient (Wildman–Crippen LogP) is 3.69. The van der Waals surface area contributed by atoms with E-state index < -0.39 is 5.82 Å². The van der Waals surface area contributed by atoms with Crippen LogP contribution in [0.3, 0.4) is 0 Å². The van der Waals surface area contributed by atoms with Crippen molar-refractivity contribution in [1.29, 1.82) is 0 Å². The van der Waals surface area contributed by atoms with Gasteiger partial charge in [0.05, 0.1) is 21.9 Å². The quantitative estimate of drug-likeness (QED) is 0.876. The second kappa shape index (κ2) is 5.42. The Kier molecular flexibility index (Phi) is 3.89. The lowest BCUT2D eigenvalue weighted by atomic mass is 10.3. The highest BCUT2D eigenvalue weighted by Crippen LogP contribution is 2.32. The fourth-order valence-electron chi connectivity index (χ4n) is 1.36. The molecule has 0 unspecified atom stereocenters. The molecule has 6 heteroatoms. The van der Waals surface area contributed by atoms with Crippen molar-refractivity contribution < 1.29 is 9.13 Å². The van der Waals surface area contributed by atoms with Gasteiger partial charge in [-0.3, -0.25) is 4.98 Å². The predicted molar refractivity (Wildman–Crippen MR) is 69.4 cm³/mol. The highest BCUT2D eigenvalue weighted by atomic mass is 35.5. The summed E-state index contributed by atoms with van der Waals surface area (Å²) in [7, 11) is 0. The van der Waals surface area contributed by atoms with Crippen molar-refractivity contribution >= 4 is 28.9 Å². The second-order valence-electron chi connectivity index (χ2n) is 3.60. The van der Waals surface area contributed by atoms with Crippen LogP contribution in [0.15, 0.2) is 30.6 Å². The summed E-state index contributed by atoms with van der Waals surface area (Å²) in [5.74, 6) is -0.0214. The first-order valence-corrected chi connectivity index (χ1v) is 5.78. The van der Waals surface area contributed by atoms with E-state index in [1.54, 1.807) is 0 Å². The Labute approximate surface area is 113 Å². The Morgan fingerprint density at radius 3 is 2.61 bits per heavy atom. The zero-order chi connectivity index (χ0) is 13.1. The third-order valence-corrected chi connectivity index (χ3v) is 2.93. The highest BCUT2D eigenvalue weighted by Gasteiger charge is 2.07. The Bertz CT molecular complexity index is 578. The maximum Gasteiger partial charge on any atom is 0.144 e. The van der Waals surface area contributed by atoms with Crippen molar-refractivity contribution in [2.75, 3.05) is 5.73 Å². The van der Waals surface area contributed by atoms with E-state index in [9.17, 15) is 4.39 Å². The van der Waals surface area contributed by atoms with Gasteiger partial charge in [0.2, 0.25) is 0 Å². The molecule has 0 fully saturated rings. The molecule has 3 nitrogen and oxygen atoms in total. The molecule has 0 aliphatic carbocycles. The van der Waals surface area contributed by atoms with Gasteiger partial charge >= 0.3 is 0 Å². The van der Waals surface area contributed by atoms with Gasteiger partial charge in [-0.05, 0) is 12.1 Å². The van der Waals surface area contributed by atoms with Gasteiger partial charge in [0.1, 0.15) is 18.2 Å². The lowest BCUT2D eigenvalue weighted by Crippen LogP contribution is -2.00. The Hall–Kier alpha value is -1.52. The third kappa shape index (κ3) is 3.03. The van der Waals surface area contributed by atoms with Crippen LogP contribution in [0.1, 0.15) is 5.56 Å². The van der Waals surface area contributed by atoms with Gasteiger partial charge in [-0.1, -0.05) is 23.2 Å². The number of ether oxygens (including phenoxy) is 1. The molecule has 18 heavy (non-hydrogen) atoms. The standard InChI is InChI=1S/C12H9Cl2FN2O/c13-9-2-11(16)12(3-10(9)14)18-6-7-1-8(15)5-17-4-7/h1-5H,6,16H2. The van der Waals surface area contributed by atoms with Gasteiger partial charge in [0.15, 0.2) is 0 Å². The van der Waals surface area contributed by atoms with Crippen LogP contribution in [-0.4, -0.2) is 4.98 Å². The number of halogens is 3. The van der Waals surface area contributed by atoms with Crippen molar-refractivity contribution in [3.63, 3.8) is 0 Å². The van der Waals surface area contributed by atoms with Crippen molar-refractivity contribution in [2.45, 2.75) is 6.61 Å². The van der Waals surface area contributed by atoms with Crippen molar-refractivity contribution in [2.24, 2.45) is 0 Å². The Morgan fingerprint density at radius 1 is 1.17 bits per heavy atom. The zero-order valence-corrected chi connectivity index (χ0v) is 10.7. The van der Waals surface area contributed by atoms with Gasteiger partial charge < -0.3 is 10.5 Å². The van der Waals surface area contributed by atoms with Crippen molar-refractivity contribution in [1.82, 2.24) is 4.98 Å². The number of benzene rings is 1. The summed E-state index contributed by atoms with van der Waals surface area (Å²) in [6.45, 7) is 0.146. The number of hydrogen-bond acceptors (Lipinski definition) is 3. The van der Waals surface area contributed by atoms with E-state index in [-0.39, 0.29) is 6.61 Å². The molecule has 2 aromatic rings. The van der Waals surface area contributed by atoms with Crippen LogP contribution in [-0.2, 0) is 6.61 Å². The summed E-state index contributed by atoms with van der Waals surface area (Å²) in [6, 6.07) is 4.36. The van der Waals surface area contributed by atoms with Crippen molar-refractivity contribution in [3.05, 3.63) is 52.0 Å². The second-order valence-corrected chi connectivity index (χ2v) is 4.42. The topological polar surface area (TPSA) is 48.1 Å². The van der Waals surface area contributed by atoms with Crippen LogP contribution in [0.5, 0.6) is 5.75 Å². The SMILES string of the molecule is Nc1cc(Cl)c(Cl)cc1OCc1cncc(F)c1. The number of rotatable bonds is 3. The van der Waals surface area contributed by atoms with Crippen LogP contribution in [0.25, 0.3) is 0 Å². The summed E-state index contributed by atoms with van der Waals surface area (Å²) in [5.41, 5.74) is 6.69. The smallest absolute Gasteiger partial charge is 0.144 e. The molecule has 0 aliphatic rings. The number of pyridine rings is 1. The first-order chi connectivity index (χ1) is 8.56. The van der Waals surface area contributed by atoms with Gasteiger partial charge in [-0.2, -0.15) is 0 Å². The van der Waals surface area contributed by atoms with Crippen molar-refractivity contribution in [3.8, 4) is 5.75 Å². The molecule has 0 radical (unpaired) electrons. The lowest BCUT2D eigenvalue weighted by molar-refractivity contribution is 0.307. The van der Waals surface area contributed by atoms with Crippen LogP contribution in [0, 0.1) is 5.82 Å². The van der Waals surface area contributed by atoms with Gasteiger partial charge in [-0.25, -0.2) is 4.39 Å². The monoisotopic (exact) mass is 286 g/mol. The van der Waals surface area contributed by atoms with Crippen LogP contribution >= 0.6 is 23.2 Å². The van der Waals surface area contributed by atoms with Crippen LogP contribution in [0.2, 0.25) is 10.0 Å². The summed E-state index contributed by atoms with van der Waals surface area (Å²) < 4.78 is 18.3. The molecule has 1 aromatic carbocycles. The molecule has 2 rings (SSSR count). The molecule has 0 saturated heterocycles. The molecule has 2 N–H and O–H groups in total. The fraction of sp³-hybridized carbons (Fsp3) is 0.0833. The molecular weight excluding hydrogens is 278 g/mol. The van der Waals surface area contributed by atoms with E-state index in [2.05, 4.69) is 4.98 Å². The average molecular weight is 287 g/mol. The van der Waals surface area contributed by atoms with Crippen LogP contribution < -0.4 is 10.5 Å². The summed E-state index contributed by atoms with van der Waals surface area (Å²) in [6.07, 6.45) is 2.63. The van der Waals surface area contributed by atoms with Gasteiger partial charge in [0.25, 0.3) is 0 Å². The normalized spacial score (nSPS) is 10.4. The minimum atomic E-state index is -0.418. The van der Waals surface area contributed by atoms with E-state index >= 15 is 0 Å². The molecule has 0 saturated carbocycles. The molecule has 1 aromatic heterocycles. The first-order valence-electron chi connectivity index (χ1n) is 5.03. The number of aromatic nitrogens is 1. The largest absolute Gasteiger partial charge is 0.487 e. The number of nitrogens with zero attached hydrogens (tertiary/aromatic N) is 1. The van der Waals surface area contributed by atoms with Crippen LogP contribution in [0.4, 0.5) is 10.1 Å². The summed E-state index contributed by atoms with van der Waals surface area (Å²) in [5, 5.41) is 0.701. The number of nitrogens with two attached hydrogens (primary N) is 1. The maximum atomic E-state index is 12.9. The third-order valence-electron chi connectivity index (χ3n) is 2.21. The lowest BCUT2D eigenvalue weighted by Gasteiger charge is -2.10. The minimum absolute atomic E-state index is 0.146. The highest BCUT2D eigenvalue weighted by molar-refractivity contribution is 6.42. The number of hydrogen-bond donors (Lipinski definition) is 1.